The third-order valence-corrected chi connectivity index (χ3v) is 10.8. The van der Waals surface area contributed by atoms with Gasteiger partial charge in [0.1, 0.15) is 12.1 Å². The van der Waals surface area contributed by atoms with Gasteiger partial charge in [0, 0.05) is 34.2 Å². The number of carbonyl (C=O) groups excluding carboxylic acids is 5. The van der Waals surface area contributed by atoms with E-state index >= 15 is 0 Å². The number of aliphatic carboxylic acids is 1. The fourth-order valence-corrected chi connectivity index (χ4v) is 7.81. The van der Waals surface area contributed by atoms with E-state index in [4.69, 9.17) is 14.2 Å². The molecule has 1 saturated heterocycles. The topological polar surface area (TPSA) is 184 Å². The van der Waals surface area contributed by atoms with Crippen LogP contribution in [0.1, 0.15) is 72.3 Å². The van der Waals surface area contributed by atoms with Crippen LogP contribution in [-0.2, 0) is 49.4 Å². The second kappa shape index (κ2) is 22.5. The number of likely N-dealkylation sites (tertiary alicyclic amines) is 1. The summed E-state index contributed by atoms with van der Waals surface area (Å²) < 4.78 is 16.8. The number of likely N-dealkylation sites (N-methyl/N-ethyl adjacent to an activating group) is 2. The van der Waals surface area contributed by atoms with E-state index < -0.39 is 84.4 Å². The van der Waals surface area contributed by atoms with Crippen LogP contribution in [0.5, 0.6) is 0 Å². The molecule has 1 aromatic rings. The van der Waals surface area contributed by atoms with Crippen LogP contribution >= 0.6 is 0 Å². The zero-order valence-electron chi connectivity index (χ0n) is 34.6. The normalized spacial score (nSPS) is 18.7. The van der Waals surface area contributed by atoms with Crippen molar-refractivity contribution in [2.75, 3.05) is 49.0 Å². The predicted octanol–water partition coefficient (Wildman–Crippen LogP) is 2.35. The molecule has 1 aliphatic rings. The lowest BCUT2D eigenvalue weighted by molar-refractivity contribution is -0.149. The maximum Gasteiger partial charge on any atom is 0.328 e. The van der Waals surface area contributed by atoms with E-state index in [2.05, 4.69) is 10.6 Å². The maximum absolute atomic E-state index is 14.2. The standard InChI is InChI=1S/C40H65N5O10/c1-12-25(4)35(44(8)39(51)28(22-33(47)48)41-38(50)34(24(2)3)43(6)7)31(53-9)23-32(46)45-20-16-19-30(45)36(54-10)26(5)37(49)42-29(40(52)55-11)21-27-17-14-13-15-18-27/h13-15,17-18,24-26,28-31,34-36H,12,16,19-23H2,1-11H3,(H,41,50)(H,42,49)(H,47,48)/t25-,26+,28-,29-,30-,31+,34?,35-,36+/m0/s1. The monoisotopic (exact) mass is 775 g/mol. The number of ether oxygens (including phenoxy) is 3. The lowest BCUT2D eigenvalue weighted by Crippen LogP contribution is -2.59. The molecule has 0 saturated carbocycles. The first-order valence-corrected chi connectivity index (χ1v) is 19.2. The van der Waals surface area contributed by atoms with Crippen LogP contribution in [0.25, 0.3) is 0 Å². The molecule has 3 N–H and O–H groups in total. The summed E-state index contributed by atoms with van der Waals surface area (Å²) >= 11 is 0. The predicted molar refractivity (Wildman–Crippen MR) is 207 cm³/mol. The van der Waals surface area contributed by atoms with Gasteiger partial charge in [0.05, 0.1) is 56.2 Å². The van der Waals surface area contributed by atoms with Crippen molar-refractivity contribution in [2.24, 2.45) is 17.8 Å². The third-order valence-electron chi connectivity index (χ3n) is 10.8. The number of benzene rings is 1. The molecule has 0 spiro atoms. The molecule has 1 aromatic carbocycles. The van der Waals surface area contributed by atoms with Crippen molar-refractivity contribution >= 4 is 35.6 Å². The molecular weight excluding hydrogens is 710 g/mol. The third kappa shape index (κ3) is 13.0. The van der Waals surface area contributed by atoms with Crippen LogP contribution in [0.15, 0.2) is 30.3 Å². The molecule has 0 radical (unpaired) electrons. The molecule has 1 fully saturated rings. The number of rotatable bonds is 22. The molecule has 2 rings (SSSR count). The number of carboxylic acid groups (broad SMARTS) is 1. The van der Waals surface area contributed by atoms with E-state index in [0.29, 0.717) is 25.8 Å². The quantitative estimate of drug-likeness (QED) is 0.147. The SMILES string of the molecule is CC[C@H](C)[C@@H]([C@@H](CC(=O)N1CCC[C@H]1[C@H](OC)[C@@H](C)C(=O)N[C@@H](Cc1ccccc1)C(=O)OC)OC)N(C)C(=O)[C@H](CC(=O)O)NC(=O)C(C(C)C)N(C)C. The smallest absolute Gasteiger partial charge is 0.328 e. The zero-order chi connectivity index (χ0) is 41.6. The minimum Gasteiger partial charge on any atom is -0.481 e. The van der Waals surface area contributed by atoms with Gasteiger partial charge in [0.15, 0.2) is 0 Å². The minimum absolute atomic E-state index is 0.106. The number of methoxy groups -OCH3 is 3. The molecular formula is C40H65N5O10. The summed E-state index contributed by atoms with van der Waals surface area (Å²) in [7, 11) is 9.25. The van der Waals surface area contributed by atoms with Gasteiger partial charge in [-0.05, 0) is 44.3 Å². The zero-order valence-corrected chi connectivity index (χ0v) is 34.6. The average Bonchev–Trinajstić information content (AvgIpc) is 3.62. The molecule has 15 nitrogen and oxygen atoms in total. The van der Waals surface area contributed by atoms with E-state index in [1.165, 1.54) is 26.2 Å². The van der Waals surface area contributed by atoms with Crippen molar-refractivity contribution in [3.63, 3.8) is 0 Å². The molecule has 1 unspecified atom stereocenters. The highest BCUT2D eigenvalue weighted by Gasteiger charge is 2.43. The molecule has 55 heavy (non-hydrogen) atoms. The number of nitrogens with zero attached hydrogens (tertiary/aromatic N) is 3. The summed E-state index contributed by atoms with van der Waals surface area (Å²) in [4.78, 5) is 84.6. The number of esters is 1. The van der Waals surface area contributed by atoms with Crippen LogP contribution in [0, 0.1) is 17.8 Å². The Kier molecular flexibility index (Phi) is 19.2. The molecule has 15 heteroatoms. The molecule has 0 aliphatic carbocycles. The van der Waals surface area contributed by atoms with E-state index in [-0.39, 0.29) is 30.6 Å². The minimum atomic E-state index is -1.35. The van der Waals surface area contributed by atoms with Crippen molar-refractivity contribution in [1.82, 2.24) is 25.3 Å². The van der Waals surface area contributed by atoms with Crippen molar-refractivity contribution in [3.05, 3.63) is 35.9 Å². The van der Waals surface area contributed by atoms with Gasteiger partial charge in [0.25, 0.3) is 0 Å². The molecule has 310 valence electrons. The first kappa shape index (κ1) is 47.1. The highest BCUT2D eigenvalue weighted by atomic mass is 16.5. The Balaban J connectivity index is 2.30. The van der Waals surface area contributed by atoms with Crippen molar-refractivity contribution in [3.8, 4) is 0 Å². The lowest BCUT2D eigenvalue weighted by atomic mass is 9.89. The second-order valence-electron chi connectivity index (χ2n) is 15.2. The molecule has 4 amide bonds. The van der Waals surface area contributed by atoms with Crippen LogP contribution in [0.2, 0.25) is 0 Å². The van der Waals surface area contributed by atoms with E-state index in [1.807, 2.05) is 58.0 Å². The Morgan fingerprint density at radius 1 is 0.891 bits per heavy atom. The van der Waals surface area contributed by atoms with Gasteiger partial charge in [-0.2, -0.15) is 0 Å². The van der Waals surface area contributed by atoms with Crippen molar-refractivity contribution in [2.45, 2.75) is 116 Å². The molecule has 0 bridgehead atoms. The molecule has 1 heterocycles. The maximum atomic E-state index is 14.2. The van der Waals surface area contributed by atoms with Crippen molar-refractivity contribution < 1.29 is 48.1 Å². The Bertz CT molecular complexity index is 1420. The fourth-order valence-electron chi connectivity index (χ4n) is 7.81. The van der Waals surface area contributed by atoms with Gasteiger partial charge in [-0.15, -0.1) is 0 Å². The van der Waals surface area contributed by atoms with E-state index in [0.717, 1.165) is 5.56 Å². The number of hydrogen-bond donors (Lipinski definition) is 3. The second-order valence-corrected chi connectivity index (χ2v) is 15.2. The van der Waals surface area contributed by atoms with Crippen molar-refractivity contribution in [1.29, 1.82) is 0 Å². The van der Waals surface area contributed by atoms with Crippen LogP contribution in [0.3, 0.4) is 0 Å². The van der Waals surface area contributed by atoms with E-state index in [1.54, 1.807) is 37.9 Å². The van der Waals surface area contributed by atoms with Gasteiger partial charge in [-0.25, -0.2) is 4.79 Å². The van der Waals surface area contributed by atoms with Crippen LogP contribution < -0.4 is 10.6 Å². The van der Waals surface area contributed by atoms with Crippen LogP contribution in [0.4, 0.5) is 0 Å². The Morgan fingerprint density at radius 3 is 2.02 bits per heavy atom. The Morgan fingerprint density at radius 2 is 1.51 bits per heavy atom. The number of nitrogens with one attached hydrogen (secondary N) is 2. The highest BCUT2D eigenvalue weighted by molar-refractivity contribution is 5.92. The summed E-state index contributed by atoms with van der Waals surface area (Å²) in [5.41, 5.74) is 0.851. The highest BCUT2D eigenvalue weighted by Crippen LogP contribution is 2.29. The van der Waals surface area contributed by atoms with Gasteiger partial charge in [-0.3, -0.25) is 28.9 Å². The van der Waals surface area contributed by atoms with Crippen LogP contribution in [-0.4, -0.2) is 147 Å². The first-order valence-electron chi connectivity index (χ1n) is 19.2. The average molecular weight is 776 g/mol. The summed E-state index contributed by atoms with van der Waals surface area (Å²) in [6.45, 7) is 9.73. The number of amides is 4. The summed E-state index contributed by atoms with van der Waals surface area (Å²) in [5.74, 6) is -4.59. The Labute approximate surface area is 326 Å². The number of carbonyl (C=O) groups is 6. The Hall–Kier alpha value is -4.08. The lowest BCUT2D eigenvalue weighted by Gasteiger charge is -2.40. The summed E-state index contributed by atoms with van der Waals surface area (Å²) in [5, 5.41) is 15.2. The fraction of sp³-hybridized carbons (Fsp3) is 0.700. The van der Waals surface area contributed by atoms with E-state index in [9.17, 15) is 33.9 Å². The molecule has 1 aliphatic heterocycles. The summed E-state index contributed by atoms with van der Waals surface area (Å²) in [6, 6.07) is 5.31. The van der Waals surface area contributed by atoms with Gasteiger partial charge in [-0.1, -0.05) is 71.4 Å². The first-order chi connectivity index (χ1) is 25.9. The van der Waals surface area contributed by atoms with Gasteiger partial charge >= 0.3 is 11.9 Å². The largest absolute Gasteiger partial charge is 0.481 e. The number of carboxylic acids is 1. The molecule has 9 atom stereocenters. The molecule has 0 aromatic heterocycles. The number of hydrogen-bond acceptors (Lipinski definition) is 10. The van der Waals surface area contributed by atoms with Gasteiger partial charge in [0.2, 0.25) is 23.6 Å². The summed E-state index contributed by atoms with van der Waals surface area (Å²) in [6.07, 6.45) is -0.106. The van der Waals surface area contributed by atoms with Gasteiger partial charge < -0.3 is 39.8 Å².